The Morgan fingerprint density at radius 2 is 2.28 bits per heavy atom. The van der Waals surface area contributed by atoms with Crippen LogP contribution >= 0.6 is 0 Å². The van der Waals surface area contributed by atoms with E-state index in [2.05, 4.69) is 4.98 Å². The van der Waals surface area contributed by atoms with Gasteiger partial charge in [-0.1, -0.05) is 10.0 Å². The van der Waals surface area contributed by atoms with Crippen LogP contribution in [0.25, 0.3) is 0 Å². The van der Waals surface area contributed by atoms with Gasteiger partial charge in [-0.05, 0) is 6.07 Å². The van der Waals surface area contributed by atoms with E-state index in [1.165, 1.54) is 16.8 Å². The van der Waals surface area contributed by atoms with E-state index in [1.54, 1.807) is 0 Å². The Balaban J connectivity index is 1.94. The summed E-state index contributed by atoms with van der Waals surface area (Å²) in [5.74, 6) is 0.148. The van der Waals surface area contributed by atoms with Crippen LogP contribution in [0.1, 0.15) is 6.23 Å². The molecule has 0 aromatic carbocycles. The number of rotatable bonds is 2. The van der Waals surface area contributed by atoms with Gasteiger partial charge in [0.25, 0.3) is 0 Å². The van der Waals surface area contributed by atoms with Crippen LogP contribution in [0.4, 0.5) is 5.82 Å². The van der Waals surface area contributed by atoms with Crippen molar-refractivity contribution < 1.29 is 18.7 Å². The van der Waals surface area contributed by atoms with E-state index >= 15 is 0 Å². The summed E-state index contributed by atoms with van der Waals surface area (Å²) in [6.07, 6.45) is -0.426. The lowest BCUT2D eigenvalue weighted by Gasteiger charge is -2.22. The van der Waals surface area contributed by atoms with E-state index in [9.17, 15) is 9.90 Å². The lowest BCUT2D eigenvalue weighted by Crippen LogP contribution is -2.34. The van der Waals surface area contributed by atoms with Crippen molar-refractivity contribution >= 4 is 15.8 Å². The highest BCUT2D eigenvalue weighted by Crippen LogP contribution is 2.35. The van der Waals surface area contributed by atoms with Crippen molar-refractivity contribution in [1.82, 2.24) is 9.55 Å². The van der Waals surface area contributed by atoms with Crippen LogP contribution in [0.2, 0.25) is 0 Å². The number of hydrogen-bond acceptors (Lipinski definition) is 7. The molecule has 8 nitrogen and oxygen atoms in total. The molecule has 1 radical (unpaired) electrons. The zero-order valence-electron chi connectivity index (χ0n) is 9.22. The number of nitrogens with zero attached hydrogens (tertiary/aromatic N) is 2. The molecule has 97 valence electrons. The van der Waals surface area contributed by atoms with Gasteiger partial charge in [-0.3, -0.25) is 4.57 Å². The van der Waals surface area contributed by atoms with Crippen LogP contribution in [0, 0.1) is 0 Å². The molecule has 0 amide bonds. The molecule has 2 aliphatic rings. The number of aliphatic hydroxyl groups is 1. The Hall–Kier alpha value is -1.26. The van der Waals surface area contributed by atoms with Gasteiger partial charge in [0.15, 0.2) is 6.23 Å². The Bertz CT molecular complexity index is 509. The summed E-state index contributed by atoms with van der Waals surface area (Å²) < 4.78 is 17.6. The largest absolute Gasteiger partial charge is 0.581 e. The van der Waals surface area contributed by atoms with Gasteiger partial charge < -0.3 is 24.4 Å². The average molecular weight is 269 g/mol. The third-order valence-corrected chi connectivity index (χ3v) is 3.70. The summed E-state index contributed by atoms with van der Waals surface area (Å²) in [4.78, 5) is 15.4. The van der Waals surface area contributed by atoms with E-state index in [0.717, 1.165) is 0 Å². The van der Waals surface area contributed by atoms with Crippen molar-refractivity contribution in [3.05, 3.63) is 22.7 Å². The highest BCUT2D eigenvalue weighted by Gasteiger charge is 2.45. The van der Waals surface area contributed by atoms with Gasteiger partial charge in [0.1, 0.15) is 11.9 Å². The number of nitrogens with two attached hydrogens (primary N) is 1. The molecule has 2 aliphatic heterocycles. The third-order valence-electron chi connectivity index (χ3n) is 2.96. The Labute approximate surface area is 104 Å². The Morgan fingerprint density at radius 3 is 3.00 bits per heavy atom. The average Bonchev–Trinajstić information content (AvgIpc) is 2.91. The van der Waals surface area contributed by atoms with Crippen molar-refractivity contribution in [1.29, 1.82) is 0 Å². The SMILES string of the molecule is Nc1ccn([C@@H]2O[C@H](CO)[C@H]3O[Si-]O[C@H]32)c(=O)n1. The molecule has 3 heterocycles. The number of anilines is 1. The normalized spacial score (nSPS) is 34.7. The summed E-state index contributed by atoms with van der Waals surface area (Å²) in [7, 11) is -0.110. The van der Waals surface area contributed by atoms with Gasteiger partial charge in [0.2, 0.25) is 0 Å². The first-order valence-electron chi connectivity index (χ1n) is 5.38. The molecule has 4 atom stereocenters. The molecule has 0 saturated carbocycles. The molecule has 0 aliphatic carbocycles. The number of ether oxygens (including phenoxy) is 1. The van der Waals surface area contributed by atoms with Gasteiger partial charge in [0.05, 0.1) is 18.8 Å². The number of aromatic nitrogens is 2. The van der Waals surface area contributed by atoms with Crippen LogP contribution in [0.5, 0.6) is 0 Å². The fourth-order valence-corrected chi connectivity index (χ4v) is 2.92. The number of nitrogen functional groups attached to an aromatic ring is 1. The van der Waals surface area contributed by atoms with Gasteiger partial charge in [-0.2, -0.15) is 4.98 Å². The molecule has 3 N–H and O–H groups in total. The first kappa shape index (κ1) is 11.8. The zero-order chi connectivity index (χ0) is 12.7. The lowest BCUT2D eigenvalue weighted by atomic mass is 10.1. The number of aliphatic hydroxyl groups excluding tert-OH is 1. The summed E-state index contributed by atoms with van der Waals surface area (Å²) in [5.41, 5.74) is 4.91. The second-order valence-electron chi connectivity index (χ2n) is 4.04. The van der Waals surface area contributed by atoms with Crippen LogP contribution in [-0.2, 0) is 13.6 Å². The van der Waals surface area contributed by atoms with Gasteiger partial charge in [-0.25, -0.2) is 4.79 Å². The Morgan fingerprint density at radius 1 is 1.50 bits per heavy atom. The van der Waals surface area contributed by atoms with Crippen LogP contribution in [-0.4, -0.2) is 49.6 Å². The molecule has 18 heavy (non-hydrogen) atoms. The third kappa shape index (κ3) is 1.76. The molecule has 2 fully saturated rings. The molecule has 9 heteroatoms. The molecule has 0 unspecified atom stereocenters. The first-order chi connectivity index (χ1) is 8.70. The Kier molecular flexibility index (Phi) is 2.91. The second-order valence-corrected chi connectivity index (χ2v) is 4.68. The molecule has 0 spiro atoms. The minimum Gasteiger partial charge on any atom is -0.581 e. The fourth-order valence-electron chi connectivity index (χ4n) is 2.11. The first-order valence-corrected chi connectivity index (χ1v) is 6.19. The molecule has 0 bridgehead atoms. The minimum absolute atomic E-state index is 0.110. The summed E-state index contributed by atoms with van der Waals surface area (Å²) in [6.45, 7) is -0.192. The summed E-state index contributed by atoms with van der Waals surface area (Å²) in [6, 6.07) is 1.50. The summed E-state index contributed by atoms with van der Waals surface area (Å²) in [5, 5.41) is 9.21. The topological polar surface area (TPSA) is 109 Å². The monoisotopic (exact) mass is 269 g/mol. The zero-order valence-corrected chi connectivity index (χ0v) is 10.2. The molecule has 3 rings (SSSR count). The number of hydrogen-bond donors (Lipinski definition) is 2. The van der Waals surface area contributed by atoms with Crippen molar-refractivity contribution in [3.8, 4) is 0 Å². The predicted octanol–water partition coefficient (Wildman–Crippen LogP) is -1.97. The molecule has 2 saturated heterocycles. The lowest BCUT2D eigenvalue weighted by molar-refractivity contribution is -0.0593. The van der Waals surface area contributed by atoms with E-state index in [-0.39, 0.29) is 28.5 Å². The van der Waals surface area contributed by atoms with E-state index in [0.29, 0.717) is 0 Å². The maximum atomic E-state index is 11.7. The van der Waals surface area contributed by atoms with E-state index in [1.807, 2.05) is 0 Å². The maximum Gasteiger partial charge on any atom is 0.351 e. The van der Waals surface area contributed by atoms with Crippen molar-refractivity contribution in [2.45, 2.75) is 24.5 Å². The highest BCUT2D eigenvalue weighted by atomic mass is 28.3. The standard InChI is InChI=1S/C9H11N3O5Si/c10-5-1-2-12(9(14)11-5)8-7-6(16-18-17-7)4(3-13)15-8/h1-2,4,6-8,13H,3H2,(H2,10,11,14)/q-1/t4-,6-,7-,8-/m1/s1. The maximum absolute atomic E-state index is 11.7. The van der Waals surface area contributed by atoms with Gasteiger partial charge in [-0.15, -0.1) is 0 Å². The van der Waals surface area contributed by atoms with Gasteiger partial charge >= 0.3 is 5.69 Å². The van der Waals surface area contributed by atoms with Gasteiger partial charge in [0, 0.05) is 6.20 Å². The van der Waals surface area contributed by atoms with Crippen molar-refractivity contribution in [3.63, 3.8) is 0 Å². The predicted molar refractivity (Wildman–Crippen MR) is 59.4 cm³/mol. The molecule has 1 aromatic heterocycles. The smallest absolute Gasteiger partial charge is 0.351 e. The van der Waals surface area contributed by atoms with Crippen molar-refractivity contribution in [2.24, 2.45) is 0 Å². The van der Waals surface area contributed by atoms with Crippen LogP contribution in [0.3, 0.4) is 0 Å². The van der Waals surface area contributed by atoms with E-state index < -0.39 is 24.1 Å². The molecular weight excluding hydrogens is 258 g/mol. The highest BCUT2D eigenvalue weighted by molar-refractivity contribution is 6.19. The van der Waals surface area contributed by atoms with Crippen molar-refractivity contribution in [2.75, 3.05) is 12.3 Å². The van der Waals surface area contributed by atoms with Crippen LogP contribution in [0.15, 0.2) is 17.1 Å². The number of fused-ring (bicyclic) bond motifs is 1. The molecule has 1 aromatic rings. The van der Waals surface area contributed by atoms with E-state index in [4.69, 9.17) is 19.3 Å². The molecular formula is C9H11N3O5Si-. The fraction of sp³-hybridized carbons (Fsp3) is 0.556. The quantitative estimate of drug-likeness (QED) is 0.600. The minimum atomic E-state index is -0.650. The van der Waals surface area contributed by atoms with Crippen LogP contribution < -0.4 is 11.4 Å². The second kappa shape index (κ2) is 4.44. The summed E-state index contributed by atoms with van der Waals surface area (Å²) >= 11 is 0.